The molecule has 0 aliphatic heterocycles. The van der Waals surface area contributed by atoms with Crippen LogP contribution < -0.4 is 0 Å². The van der Waals surface area contributed by atoms with E-state index in [1.165, 1.54) is 135 Å². The fourth-order valence-corrected chi connectivity index (χ4v) is 11.1. The summed E-state index contributed by atoms with van der Waals surface area (Å²) < 4.78 is 13.2. The van der Waals surface area contributed by atoms with Crippen molar-refractivity contribution >= 4 is 14.3 Å². The van der Waals surface area contributed by atoms with Gasteiger partial charge in [-0.2, -0.15) is 0 Å². The van der Waals surface area contributed by atoms with Gasteiger partial charge in [0.25, 0.3) is 0 Å². The molecule has 4 aliphatic rings. The maximum atomic E-state index is 14.2. The summed E-state index contributed by atoms with van der Waals surface area (Å²) in [7, 11) is -1.89. The summed E-state index contributed by atoms with van der Waals surface area (Å²) >= 11 is 0. The van der Waals surface area contributed by atoms with E-state index in [0.717, 1.165) is 6.42 Å². The van der Waals surface area contributed by atoms with E-state index in [1.807, 2.05) is 6.92 Å². The SMILES string of the molecule is CCOC(=O)C1CC(/C=C/C(O[Si](C)(C)C(C)(C)C)C2CCCCC2)CCC1(C1CCCCCCC1)C1CCCCCCC1. The molecule has 0 aromatic rings. The highest BCUT2D eigenvalue weighted by Crippen LogP contribution is 2.59. The maximum absolute atomic E-state index is 14.2. The Hall–Kier alpha value is -0.613. The van der Waals surface area contributed by atoms with Gasteiger partial charge in [0, 0.05) is 0 Å². The molecule has 4 heteroatoms. The molecule has 4 rings (SSSR count). The van der Waals surface area contributed by atoms with Crippen LogP contribution in [0.4, 0.5) is 0 Å². The van der Waals surface area contributed by atoms with Gasteiger partial charge in [-0.15, -0.1) is 0 Å². The molecule has 0 N–H and O–H groups in total. The monoisotopic (exact) mass is 629 g/mol. The molecule has 3 atom stereocenters. The van der Waals surface area contributed by atoms with E-state index in [2.05, 4.69) is 46.0 Å². The van der Waals surface area contributed by atoms with Crippen molar-refractivity contribution in [3.05, 3.63) is 12.2 Å². The third-order valence-electron chi connectivity index (χ3n) is 13.4. The van der Waals surface area contributed by atoms with Crippen molar-refractivity contribution in [3.8, 4) is 0 Å². The third kappa shape index (κ3) is 9.26. The normalized spacial score (nSPS) is 28.5. The lowest BCUT2D eigenvalue weighted by Gasteiger charge is -2.55. The van der Waals surface area contributed by atoms with E-state index in [0.29, 0.717) is 30.3 Å². The molecule has 3 unspecified atom stereocenters. The second-order valence-electron chi connectivity index (χ2n) is 17.2. The summed E-state index contributed by atoms with van der Waals surface area (Å²) in [5.74, 6) is 2.65. The number of allylic oxidation sites excluding steroid dienone is 1. The average molecular weight is 629 g/mol. The molecule has 0 bridgehead atoms. The number of carbonyl (C=O) groups is 1. The van der Waals surface area contributed by atoms with Crippen LogP contribution in [0, 0.1) is 35.0 Å². The highest BCUT2D eigenvalue weighted by molar-refractivity contribution is 6.74. The molecule has 0 amide bonds. The molecule has 4 fully saturated rings. The minimum atomic E-state index is -1.89. The van der Waals surface area contributed by atoms with Gasteiger partial charge in [-0.05, 0) is 112 Å². The summed E-state index contributed by atoms with van der Waals surface area (Å²) in [5.41, 5.74) is 0.131. The number of rotatable bonds is 9. The molecule has 0 radical (unpaired) electrons. The van der Waals surface area contributed by atoms with Crippen molar-refractivity contribution in [1.82, 2.24) is 0 Å². The number of esters is 1. The predicted octanol–water partition coefficient (Wildman–Crippen LogP) is 12.2. The second-order valence-corrected chi connectivity index (χ2v) is 21.9. The summed E-state index contributed by atoms with van der Waals surface area (Å²) in [5, 5.41) is 0.211. The second kappa shape index (κ2) is 17.0. The Morgan fingerprint density at radius 2 is 1.25 bits per heavy atom. The van der Waals surface area contributed by atoms with E-state index < -0.39 is 8.32 Å². The molecule has 0 aromatic heterocycles. The first-order chi connectivity index (χ1) is 21.1. The largest absolute Gasteiger partial charge is 0.466 e. The Balaban J connectivity index is 1.63. The minimum absolute atomic E-state index is 0.0501. The summed E-state index contributed by atoms with van der Waals surface area (Å²) in [6.45, 7) is 14.5. The fourth-order valence-electron chi connectivity index (χ4n) is 9.82. The zero-order chi connectivity index (χ0) is 31.6. The number of hydrogen-bond acceptors (Lipinski definition) is 3. The van der Waals surface area contributed by atoms with Crippen molar-refractivity contribution in [2.24, 2.45) is 35.0 Å². The molecular weight excluding hydrogens is 557 g/mol. The quantitative estimate of drug-likeness (QED) is 0.145. The van der Waals surface area contributed by atoms with E-state index in [1.54, 1.807) is 0 Å². The first-order valence-electron chi connectivity index (χ1n) is 19.6. The Morgan fingerprint density at radius 1 is 0.773 bits per heavy atom. The summed E-state index contributed by atoms with van der Waals surface area (Å²) in [6.07, 6.45) is 34.4. The Morgan fingerprint density at radius 3 is 1.75 bits per heavy atom. The van der Waals surface area contributed by atoms with Crippen molar-refractivity contribution in [1.29, 1.82) is 0 Å². The van der Waals surface area contributed by atoms with Crippen LogP contribution in [0.15, 0.2) is 12.2 Å². The van der Waals surface area contributed by atoms with Gasteiger partial charge in [0.05, 0.1) is 18.6 Å². The van der Waals surface area contributed by atoms with Gasteiger partial charge >= 0.3 is 5.97 Å². The first-order valence-corrected chi connectivity index (χ1v) is 22.5. The molecule has 3 nitrogen and oxygen atoms in total. The Kier molecular flexibility index (Phi) is 14.0. The topological polar surface area (TPSA) is 35.5 Å². The first kappa shape index (κ1) is 36.2. The van der Waals surface area contributed by atoms with Crippen LogP contribution in [0.2, 0.25) is 18.1 Å². The summed E-state index contributed by atoms with van der Waals surface area (Å²) in [6, 6.07) is 0. The van der Waals surface area contributed by atoms with Crippen LogP contribution in [0.1, 0.15) is 169 Å². The molecular formula is C40H72O3Si. The number of ether oxygens (including phenoxy) is 1. The van der Waals surface area contributed by atoms with Crippen molar-refractivity contribution < 1.29 is 14.0 Å². The Labute approximate surface area is 274 Å². The summed E-state index contributed by atoms with van der Waals surface area (Å²) in [4.78, 5) is 14.2. The van der Waals surface area contributed by atoms with Gasteiger partial charge in [0.2, 0.25) is 0 Å². The van der Waals surface area contributed by atoms with Gasteiger partial charge in [0.15, 0.2) is 8.32 Å². The molecule has 4 saturated carbocycles. The van der Waals surface area contributed by atoms with E-state index in [9.17, 15) is 4.79 Å². The fraction of sp³-hybridized carbons (Fsp3) is 0.925. The smallest absolute Gasteiger partial charge is 0.309 e. The van der Waals surface area contributed by atoms with Gasteiger partial charge in [-0.1, -0.05) is 116 Å². The lowest BCUT2D eigenvalue weighted by atomic mass is 9.49. The number of carbonyl (C=O) groups excluding carboxylic acids is 1. The van der Waals surface area contributed by atoms with Gasteiger partial charge in [-0.3, -0.25) is 4.79 Å². The van der Waals surface area contributed by atoms with Crippen LogP contribution in [-0.4, -0.2) is 27.0 Å². The van der Waals surface area contributed by atoms with Gasteiger partial charge in [-0.25, -0.2) is 0 Å². The standard InChI is InChI=1S/C40H72O3Si/c1-7-42-38(41)36-31-32(27-28-37(33-21-15-14-16-22-33)43-44(5,6)39(2,3)4)29-30-40(36,34-23-17-10-8-11-18-24-34)35-25-19-12-9-13-20-26-35/h27-28,32-37H,7-26,29-31H2,1-6H3/b28-27+. The highest BCUT2D eigenvalue weighted by Gasteiger charge is 2.55. The van der Waals surface area contributed by atoms with Crippen molar-refractivity contribution in [3.63, 3.8) is 0 Å². The maximum Gasteiger partial charge on any atom is 0.309 e. The lowest BCUT2D eigenvalue weighted by molar-refractivity contribution is -0.165. The van der Waals surface area contributed by atoms with E-state index in [4.69, 9.17) is 9.16 Å². The highest BCUT2D eigenvalue weighted by atomic mass is 28.4. The molecule has 254 valence electrons. The van der Waals surface area contributed by atoms with Crippen molar-refractivity contribution in [2.45, 2.75) is 193 Å². The molecule has 0 aromatic carbocycles. The molecule has 4 aliphatic carbocycles. The van der Waals surface area contributed by atoms with Gasteiger partial charge in [0.1, 0.15) is 0 Å². The van der Waals surface area contributed by atoms with Crippen LogP contribution in [0.25, 0.3) is 0 Å². The van der Waals surface area contributed by atoms with Crippen molar-refractivity contribution in [2.75, 3.05) is 6.61 Å². The molecule has 0 spiro atoms. The van der Waals surface area contributed by atoms with Crippen LogP contribution in [0.3, 0.4) is 0 Å². The van der Waals surface area contributed by atoms with Gasteiger partial charge < -0.3 is 9.16 Å². The van der Waals surface area contributed by atoms with Crippen LogP contribution >= 0.6 is 0 Å². The van der Waals surface area contributed by atoms with E-state index in [-0.39, 0.29) is 28.4 Å². The lowest BCUT2D eigenvalue weighted by Crippen LogP contribution is -2.51. The third-order valence-corrected chi connectivity index (χ3v) is 17.8. The number of hydrogen-bond donors (Lipinski definition) is 0. The molecule has 44 heavy (non-hydrogen) atoms. The molecule has 0 heterocycles. The van der Waals surface area contributed by atoms with Crippen LogP contribution in [-0.2, 0) is 14.0 Å². The minimum Gasteiger partial charge on any atom is -0.466 e. The Bertz CT molecular complexity index is 844. The zero-order valence-corrected chi connectivity index (χ0v) is 31.1. The zero-order valence-electron chi connectivity index (χ0n) is 30.1. The predicted molar refractivity (Wildman–Crippen MR) is 189 cm³/mol. The van der Waals surface area contributed by atoms with Crippen LogP contribution in [0.5, 0.6) is 0 Å². The average Bonchev–Trinajstić information content (AvgIpc) is 2.95. The van der Waals surface area contributed by atoms with E-state index >= 15 is 0 Å². The molecule has 0 saturated heterocycles.